The average Bonchev–Trinajstić information content (AvgIpc) is 2.90. The van der Waals surface area contributed by atoms with Gasteiger partial charge in [-0.15, -0.1) is 0 Å². The van der Waals surface area contributed by atoms with Gasteiger partial charge in [0.2, 0.25) is 5.89 Å². The minimum absolute atomic E-state index is 0.605. The lowest BCUT2D eigenvalue weighted by Gasteiger charge is -2.28. The number of methoxy groups -OCH3 is 2. The fourth-order valence-corrected chi connectivity index (χ4v) is 2.68. The quantitative estimate of drug-likeness (QED) is 0.857. The van der Waals surface area contributed by atoms with E-state index in [0.29, 0.717) is 12.4 Å². The van der Waals surface area contributed by atoms with Crippen molar-refractivity contribution in [3.8, 4) is 11.5 Å². The van der Waals surface area contributed by atoms with Crippen LogP contribution in [0.5, 0.6) is 11.5 Å². The largest absolute Gasteiger partial charge is 0.493 e. The third-order valence-corrected chi connectivity index (χ3v) is 3.73. The van der Waals surface area contributed by atoms with Gasteiger partial charge < -0.3 is 14.0 Å². The van der Waals surface area contributed by atoms with Gasteiger partial charge >= 0.3 is 0 Å². The molecule has 1 aliphatic heterocycles. The molecule has 1 aromatic carbocycles. The van der Waals surface area contributed by atoms with Gasteiger partial charge in [0.05, 0.1) is 20.8 Å². The number of nitrogens with zero attached hydrogens (tertiary/aromatic N) is 3. The van der Waals surface area contributed by atoms with Crippen LogP contribution in [-0.2, 0) is 19.5 Å². The average molecular weight is 289 g/mol. The predicted molar refractivity (Wildman–Crippen MR) is 76.4 cm³/mol. The molecule has 1 aliphatic rings. The number of hydrogen-bond donors (Lipinski definition) is 0. The Balaban J connectivity index is 1.78. The van der Waals surface area contributed by atoms with Crippen LogP contribution in [0.25, 0.3) is 0 Å². The molecule has 0 N–H and O–H groups in total. The summed E-state index contributed by atoms with van der Waals surface area (Å²) in [6.07, 6.45) is 0.979. The van der Waals surface area contributed by atoms with Gasteiger partial charge in [0.25, 0.3) is 0 Å². The topological polar surface area (TPSA) is 60.6 Å². The first-order valence-electron chi connectivity index (χ1n) is 6.95. The Morgan fingerprint density at radius 1 is 1.19 bits per heavy atom. The van der Waals surface area contributed by atoms with E-state index in [1.807, 2.05) is 0 Å². The standard InChI is InChI=1S/C15H19N3O3/c1-10-16-15(17-21-10)9-18-5-4-11-6-13(19-2)14(20-3)7-12(11)8-18/h6-7H,4-5,8-9H2,1-3H3. The molecular weight excluding hydrogens is 270 g/mol. The molecule has 0 unspecified atom stereocenters. The van der Waals surface area contributed by atoms with Crippen LogP contribution in [0.15, 0.2) is 16.7 Å². The lowest BCUT2D eigenvalue weighted by molar-refractivity contribution is 0.234. The van der Waals surface area contributed by atoms with Crippen LogP contribution in [0, 0.1) is 6.92 Å². The molecule has 1 aromatic heterocycles. The van der Waals surface area contributed by atoms with Crippen molar-refractivity contribution in [2.24, 2.45) is 0 Å². The van der Waals surface area contributed by atoms with Crippen LogP contribution in [0.3, 0.4) is 0 Å². The maximum absolute atomic E-state index is 5.38. The van der Waals surface area contributed by atoms with Crippen molar-refractivity contribution in [3.05, 3.63) is 35.0 Å². The number of hydrogen-bond acceptors (Lipinski definition) is 6. The Morgan fingerprint density at radius 3 is 2.52 bits per heavy atom. The molecule has 0 bridgehead atoms. The van der Waals surface area contributed by atoms with Crippen molar-refractivity contribution >= 4 is 0 Å². The Morgan fingerprint density at radius 2 is 1.90 bits per heavy atom. The second-order valence-corrected chi connectivity index (χ2v) is 5.17. The number of fused-ring (bicyclic) bond motifs is 1. The molecule has 3 rings (SSSR count). The third-order valence-electron chi connectivity index (χ3n) is 3.73. The zero-order chi connectivity index (χ0) is 14.8. The molecule has 112 valence electrons. The van der Waals surface area contributed by atoms with Gasteiger partial charge in [0.15, 0.2) is 17.3 Å². The van der Waals surface area contributed by atoms with E-state index in [2.05, 4.69) is 27.2 Å². The lowest BCUT2D eigenvalue weighted by Crippen LogP contribution is -2.30. The summed E-state index contributed by atoms with van der Waals surface area (Å²) in [6, 6.07) is 4.13. The molecule has 0 atom stereocenters. The summed E-state index contributed by atoms with van der Waals surface area (Å²) < 4.78 is 15.8. The van der Waals surface area contributed by atoms with E-state index >= 15 is 0 Å². The summed E-state index contributed by atoms with van der Waals surface area (Å²) in [5, 5.41) is 3.95. The Hall–Kier alpha value is -2.08. The fourth-order valence-electron chi connectivity index (χ4n) is 2.68. The molecule has 6 heteroatoms. The van der Waals surface area contributed by atoms with Crippen molar-refractivity contribution in [3.63, 3.8) is 0 Å². The zero-order valence-electron chi connectivity index (χ0n) is 12.5. The molecule has 0 spiro atoms. The monoisotopic (exact) mass is 289 g/mol. The Labute approximate surface area is 123 Å². The summed E-state index contributed by atoms with van der Waals surface area (Å²) in [4.78, 5) is 6.56. The molecule has 21 heavy (non-hydrogen) atoms. The van der Waals surface area contributed by atoms with E-state index in [1.54, 1.807) is 21.1 Å². The molecule has 2 aromatic rings. The maximum Gasteiger partial charge on any atom is 0.223 e. The second kappa shape index (κ2) is 5.73. The highest BCUT2D eigenvalue weighted by Crippen LogP contribution is 2.33. The van der Waals surface area contributed by atoms with E-state index < -0.39 is 0 Å². The smallest absolute Gasteiger partial charge is 0.223 e. The van der Waals surface area contributed by atoms with Gasteiger partial charge in [-0.3, -0.25) is 4.90 Å². The van der Waals surface area contributed by atoms with Gasteiger partial charge in [-0.05, 0) is 29.7 Å². The highest BCUT2D eigenvalue weighted by molar-refractivity contribution is 5.48. The summed E-state index contributed by atoms with van der Waals surface area (Å²) >= 11 is 0. The molecule has 0 aliphatic carbocycles. The summed E-state index contributed by atoms with van der Waals surface area (Å²) in [6.45, 7) is 4.32. The van der Waals surface area contributed by atoms with E-state index in [4.69, 9.17) is 14.0 Å². The highest BCUT2D eigenvalue weighted by atomic mass is 16.5. The molecular formula is C15H19N3O3. The molecule has 6 nitrogen and oxygen atoms in total. The number of rotatable bonds is 4. The fraction of sp³-hybridized carbons (Fsp3) is 0.467. The predicted octanol–water partition coefficient (Wildman–Crippen LogP) is 1.95. The van der Waals surface area contributed by atoms with Gasteiger partial charge in [-0.25, -0.2) is 0 Å². The zero-order valence-corrected chi connectivity index (χ0v) is 12.5. The molecule has 0 radical (unpaired) electrons. The van der Waals surface area contributed by atoms with E-state index in [9.17, 15) is 0 Å². The van der Waals surface area contributed by atoms with Gasteiger partial charge in [0, 0.05) is 20.0 Å². The lowest BCUT2D eigenvalue weighted by atomic mass is 9.99. The molecule has 0 saturated carbocycles. The number of aromatic nitrogens is 2. The molecule has 0 amide bonds. The number of benzene rings is 1. The Kier molecular flexibility index (Phi) is 3.79. The summed E-state index contributed by atoms with van der Waals surface area (Å²) in [5.41, 5.74) is 2.58. The van der Waals surface area contributed by atoms with Crippen LogP contribution in [-0.4, -0.2) is 35.8 Å². The minimum Gasteiger partial charge on any atom is -0.493 e. The molecule has 0 saturated heterocycles. The van der Waals surface area contributed by atoms with E-state index in [1.165, 1.54) is 11.1 Å². The van der Waals surface area contributed by atoms with Crippen LogP contribution < -0.4 is 9.47 Å². The van der Waals surface area contributed by atoms with Crippen LogP contribution >= 0.6 is 0 Å². The first-order chi connectivity index (χ1) is 10.2. The van der Waals surface area contributed by atoms with Crippen LogP contribution in [0.4, 0.5) is 0 Å². The van der Waals surface area contributed by atoms with Crippen molar-refractivity contribution in [1.82, 2.24) is 15.0 Å². The van der Waals surface area contributed by atoms with Gasteiger partial charge in [-0.2, -0.15) is 4.98 Å². The number of ether oxygens (including phenoxy) is 2. The summed E-state index contributed by atoms with van der Waals surface area (Å²) in [5.74, 6) is 2.90. The van der Waals surface area contributed by atoms with Gasteiger partial charge in [0.1, 0.15) is 0 Å². The third kappa shape index (κ3) is 2.85. The minimum atomic E-state index is 0.605. The highest BCUT2D eigenvalue weighted by Gasteiger charge is 2.20. The molecule has 0 fully saturated rings. The van der Waals surface area contributed by atoms with Crippen molar-refractivity contribution in [1.29, 1.82) is 0 Å². The van der Waals surface area contributed by atoms with Crippen molar-refractivity contribution in [2.45, 2.75) is 26.4 Å². The second-order valence-electron chi connectivity index (χ2n) is 5.17. The van der Waals surface area contributed by atoms with E-state index in [-0.39, 0.29) is 0 Å². The van der Waals surface area contributed by atoms with Gasteiger partial charge in [-0.1, -0.05) is 5.16 Å². The van der Waals surface area contributed by atoms with Crippen LogP contribution in [0.2, 0.25) is 0 Å². The maximum atomic E-state index is 5.38. The normalized spacial score (nSPS) is 14.8. The summed E-state index contributed by atoms with van der Waals surface area (Å²) in [7, 11) is 3.32. The van der Waals surface area contributed by atoms with Crippen LogP contribution in [0.1, 0.15) is 22.8 Å². The SMILES string of the molecule is COc1cc2c(cc1OC)CN(Cc1noc(C)n1)CC2. The number of aryl methyl sites for hydroxylation is 1. The first kappa shape index (κ1) is 13.9. The molecule has 2 heterocycles. The first-order valence-corrected chi connectivity index (χ1v) is 6.95. The van der Waals surface area contributed by atoms with E-state index in [0.717, 1.165) is 36.8 Å². The van der Waals surface area contributed by atoms with Crippen molar-refractivity contribution < 1.29 is 14.0 Å². The Bertz CT molecular complexity index is 639. The van der Waals surface area contributed by atoms with Crippen molar-refractivity contribution in [2.75, 3.05) is 20.8 Å².